The summed E-state index contributed by atoms with van der Waals surface area (Å²) in [6, 6.07) is 14.7. The molecule has 166 valence electrons. The second kappa shape index (κ2) is 9.88. The molecule has 2 aromatic carbocycles. The molecule has 0 saturated carbocycles. The lowest BCUT2D eigenvalue weighted by molar-refractivity contribution is 0.1000. The number of likely N-dealkylation sites (N-methyl/N-ethyl adjacent to an activating group) is 1. The van der Waals surface area contributed by atoms with E-state index in [9.17, 15) is 4.79 Å². The molecule has 8 nitrogen and oxygen atoms in total. The SMILES string of the molecule is CN1CCN(c2ncc(Sc3ccc(C(N)=O)cc3)c(OCc3cccc(N)c3)n2)CC1. The molecule has 1 aliphatic rings. The Labute approximate surface area is 191 Å². The third kappa shape index (κ3) is 5.49. The summed E-state index contributed by atoms with van der Waals surface area (Å²) < 4.78 is 6.13. The van der Waals surface area contributed by atoms with Gasteiger partial charge in [-0.2, -0.15) is 4.98 Å². The summed E-state index contributed by atoms with van der Waals surface area (Å²) in [6.45, 7) is 4.01. The summed E-state index contributed by atoms with van der Waals surface area (Å²) in [6.07, 6.45) is 1.79. The van der Waals surface area contributed by atoms with Gasteiger partial charge in [0.05, 0.1) is 11.1 Å². The molecule has 1 aliphatic heterocycles. The lowest BCUT2D eigenvalue weighted by atomic mass is 10.2. The van der Waals surface area contributed by atoms with E-state index in [1.807, 2.05) is 36.4 Å². The van der Waals surface area contributed by atoms with Crippen LogP contribution in [0.25, 0.3) is 0 Å². The fraction of sp³-hybridized carbons (Fsp3) is 0.261. The van der Waals surface area contributed by atoms with Gasteiger partial charge in [-0.05, 0) is 49.0 Å². The topological polar surface area (TPSA) is 111 Å². The molecule has 0 spiro atoms. The molecule has 32 heavy (non-hydrogen) atoms. The van der Waals surface area contributed by atoms with E-state index in [1.165, 1.54) is 11.8 Å². The third-order valence-corrected chi connectivity index (χ3v) is 6.20. The van der Waals surface area contributed by atoms with Crippen LogP contribution < -0.4 is 21.1 Å². The molecule has 1 aromatic heterocycles. The number of hydrogen-bond donors (Lipinski definition) is 2. The number of nitrogens with zero attached hydrogens (tertiary/aromatic N) is 4. The van der Waals surface area contributed by atoms with Gasteiger partial charge in [-0.25, -0.2) is 4.98 Å². The van der Waals surface area contributed by atoms with Gasteiger partial charge in [0.25, 0.3) is 0 Å². The molecule has 0 bridgehead atoms. The molecule has 1 amide bonds. The lowest BCUT2D eigenvalue weighted by Crippen LogP contribution is -2.45. The molecule has 3 aromatic rings. The third-order valence-electron chi connectivity index (χ3n) is 5.19. The van der Waals surface area contributed by atoms with Crippen LogP contribution in [0.5, 0.6) is 5.88 Å². The Morgan fingerprint density at radius 2 is 1.88 bits per heavy atom. The Kier molecular flexibility index (Phi) is 6.77. The fourth-order valence-corrected chi connectivity index (χ4v) is 4.15. The number of ether oxygens (including phenoxy) is 1. The van der Waals surface area contributed by atoms with Crippen LogP contribution in [0.2, 0.25) is 0 Å². The molecule has 1 saturated heterocycles. The first kappa shape index (κ1) is 21.9. The number of carbonyl (C=O) groups excluding carboxylic acids is 1. The normalized spacial score (nSPS) is 14.3. The number of aromatic nitrogens is 2. The average molecular weight is 451 g/mol. The first-order valence-corrected chi connectivity index (χ1v) is 11.1. The van der Waals surface area contributed by atoms with Crippen molar-refractivity contribution in [3.8, 4) is 5.88 Å². The largest absolute Gasteiger partial charge is 0.472 e. The van der Waals surface area contributed by atoms with Crippen molar-refractivity contribution in [1.29, 1.82) is 0 Å². The smallest absolute Gasteiger partial charge is 0.248 e. The van der Waals surface area contributed by atoms with Crippen LogP contribution in [0.15, 0.2) is 64.5 Å². The van der Waals surface area contributed by atoms with Crippen LogP contribution in [-0.2, 0) is 6.61 Å². The molecule has 2 heterocycles. The number of nitrogens with two attached hydrogens (primary N) is 2. The van der Waals surface area contributed by atoms with Crippen molar-refractivity contribution in [2.75, 3.05) is 43.9 Å². The highest BCUT2D eigenvalue weighted by Crippen LogP contribution is 2.35. The van der Waals surface area contributed by atoms with E-state index >= 15 is 0 Å². The van der Waals surface area contributed by atoms with Crippen LogP contribution in [0.1, 0.15) is 15.9 Å². The summed E-state index contributed by atoms with van der Waals surface area (Å²) >= 11 is 1.48. The Morgan fingerprint density at radius 3 is 2.56 bits per heavy atom. The monoisotopic (exact) mass is 450 g/mol. The Balaban J connectivity index is 1.57. The van der Waals surface area contributed by atoms with Gasteiger partial charge in [-0.15, -0.1) is 0 Å². The number of hydrogen-bond acceptors (Lipinski definition) is 8. The molecule has 0 atom stereocenters. The molecule has 0 unspecified atom stereocenters. The second-order valence-electron chi connectivity index (χ2n) is 7.65. The molecule has 4 rings (SSSR count). The van der Waals surface area contributed by atoms with E-state index in [1.54, 1.807) is 18.3 Å². The highest BCUT2D eigenvalue weighted by Gasteiger charge is 2.19. The predicted molar refractivity (Wildman–Crippen MR) is 126 cm³/mol. The molecule has 4 N–H and O–H groups in total. The molecule has 9 heteroatoms. The fourth-order valence-electron chi connectivity index (χ4n) is 3.33. The summed E-state index contributed by atoms with van der Waals surface area (Å²) in [7, 11) is 2.11. The zero-order valence-electron chi connectivity index (χ0n) is 17.9. The maximum Gasteiger partial charge on any atom is 0.248 e. The van der Waals surface area contributed by atoms with Gasteiger partial charge in [0, 0.05) is 42.3 Å². The van der Waals surface area contributed by atoms with Crippen LogP contribution in [-0.4, -0.2) is 54.0 Å². The summed E-state index contributed by atoms with van der Waals surface area (Å²) in [4.78, 5) is 26.9. The van der Waals surface area contributed by atoms with Gasteiger partial charge < -0.3 is 26.0 Å². The van der Waals surface area contributed by atoms with E-state index in [0.717, 1.165) is 41.5 Å². The molecular weight excluding hydrogens is 424 g/mol. The van der Waals surface area contributed by atoms with Gasteiger partial charge in [0.1, 0.15) is 6.61 Å². The lowest BCUT2D eigenvalue weighted by Gasteiger charge is -2.32. The van der Waals surface area contributed by atoms with Crippen LogP contribution in [0, 0.1) is 0 Å². The maximum absolute atomic E-state index is 11.3. The van der Waals surface area contributed by atoms with Crippen LogP contribution >= 0.6 is 11.8 Å². The number of nitrogen functional groups attached to an aromatic ring is 1. The first-order valence-electron chi connectivity index (χ1n) is 10.3. The van der Waals surface area contributed by atoms with Crippen molar-refractivity contribution >= 4 is 29.3 Å². The van der Waals surface area contributed by atoms with E-state index in [0.29, 0.717) is 29.7 Å². The number of rotatable bonds is 7. The Morgan fingerprint density at radius 1 is 1.12 bits per heavy atom. The van der Waals surface area contributed by atoms with E-state index < -0.39 is 5.91 Å². The number of primary amides is 1. The highest BCUT2D eigenvalue weighted by atomic mass is 32.2. The minimum atomic E-state index is -0.451. The Bertz CT molecular complexity index is 1080. The summed E-state index contributed by atoms with van der Waals surface area (Å²) in [5.74, 6) is 0.724. The number of piperazine rings is 1. The quantitative estimate of drug-likeness (QED) is 0.529. The predicted octanol–water partition coefficient (Wildman–Crippen LogP) is 2.64. The van der Waals surface area contributed by atoms with Crippen LogP contribution in [0.3, 0.4) is 0 Å². The highest BCUT2D eigenvalue weighted by molar-refractivity contribution is 7.99. The average Bonchev–Trinajstić information content (AvgIpc) is 2.79. The molecule has 1 fully saturated rings. The van der Waals surface area contributed by atoms with Crippen molar-refractivity contribution in [1.82, 2.24) is 14.9 Å². The minimum absolute atomic E-state index is 0.346. The number of amides is 1. The Hall–Kier alpha value is -3.30. The number of anilines is 2. The van der Waals surface area contributed by atoms with Gasteiger partial charge in [-0.1, -0.05) is 23.9 Å². The van der Waals surface area contributed by atoms with Crippen molar-refractivity contribution in [3.05, 3.63) is 65.9 Å². The van der Waals surface area contributed by atoms with E-state index in [2.05, 4.69) is 21.8 Å². The van der Waals surface area contributed by atoms with Crippen molar-refractivity contribution < 1.29 is 9.53 Å². The zero-order chi connectivity index (χ0) is 22.5. The zero-order valence-corrected chi connectivity index (χ0v) is 18.7. The first-order chi connectivity index (χ1) is 15.5. The van der Waals surface area contributed by atoms with Crippen molar-refractivity contribution in [2.45, 2.75) is 16.4 Å². The maximum atomic E-state index is 11.3. The van der Waals surface area contributed by atoms with Gasteiger partial charge in [0.2, 0.25) is 17.7 Å². The van der Waals surface area contributed by atoms with E-state index in [4.69, 9.17) is 21.2 Å². The number of benzene rings is 2. The van der Waals surface area contributed by atoms with Crippen molar-refractivity contribution in [3.63, 3.8) is 0 Å². The summed E-state index contributed by atoms with van der Waals surface area (Å²) in [5, 5.41) is 0. The summed E-state index contributed by atoms with van der Waals surface area (Å²) in [5.41, 5.74) is 13.4. The molecule has 0 radical (unpaired) electrons. The minimum Gasteiger partial charge on any atom is -0.472 e. The van der Waals surface area contributed by atoms with Gasteiger partial charge >= 0.3 is 0 Å². The van der Waals surface area contributed by atoms with Crippen LogP contribution in [0.4, 0.5) is 11.6 Å². The standard InChI is InChI=1S/C23H26N6O2S/c1-28-9-11-29(12-10-28)23-26-14-20(32-19-7-5-17(6-8-19)21(25)30)22(27-23)31-15-16-3-2-4-18(24)13-16/h2-8,13-14H,9-12,15,24H2,1H3,(H2,25,30). The van der Waals surface area contributed by atoms with Crippen molar-refractivity contribution in [2.24, 2.45) is 5.73 Å². The van der Waals surface area contributed by atoms with E-state index in [-0.39, 0.29) is 0 Å². The van der Waals surface area contributed by atoms with Gasteiger partial charge in [-0.3, -0.25) is 4.79 Å². The van der Waals surface area contributed by atoms with Gasteiger partial charge in [0.15, 0.2) is 0 Å². The second-order valence-corrected chi connectivity index (χ2v) is 8.77. The number of carbonyl (C=O) groups is 1. The molecule has 0 aliphatic carbocycles. The molecular formula is C23H26N6O2S.